The first-order valence-electron chi connectivity index (χ1n) is 7.52. The number of fused-ring (bicyclic) bond motifs is 1. The molecule has 3 rings (SSSR count). The van der Waals surface area contributed by atoms with E-state index >= 15 is 0 Å². The normalized spacial score (nSPS) is 15.4. The number of nitrogens with zero attached hydrogens (tertiary/aromatic N) is 3. The summed E-state index contributed by atoms with van der Waals surface area (Å²) in [5, 5.41) is 22.2. The molecule has 0 fully saturated rings. The van der Waals surface area contributed by atoms with Crippen LogP contribution < -0.4 is 4.74 Å². The highest BCUT2D eigenvalue weighted by molar-refractivity contribution is 5.83. The lowest BCUT2D eigenvalue weighted by Crippen LogP contribution is -2.17. The molecule has 1 aliphatic rings. The third-order valence-electron chi connectivity index (χ3n) is 3.83. The second-order valence-electron chi connectivity index (χ2n) is 6.43. The van der Waals surface area contributed by atoms with Crippen LogP contribution in [-0.4, -0.2) is 21.4 Å². The van der Waals surface area contributed by atoms with Gasteiger partial charge in [-0.1, -0.05) is 19.9 Å². The third-order valence-corrected chi connectivity index (χ3v) is 3.83. The molecule has 0 spiro atoms. The molecule has 128 valence electrons. The molecule has 0 unspecified atom stereocenters. The number of hydrogen-bond donors (Lipinski definition) is 0. The number of hydrogen-bond acceptors (Lipinski definition) is 6. The van der Waals surface area contributed by atoms with Crippen molar-refractivity contribution in [3.05, 3.63) is 74.1 Å². The summed E-state index contributed by atoms with van der Waals surface area (Å²) in [5.41, 5.74) is 0.876. The van der Waals surface area contributed by atoms with E-state index in [0.29, 0.717) is 29.2 Å². The monoisotopic (exact) mass is 341 g/mol. The van der Waals surface area contributed by atoms with Gasteiger partial charge in [0, 0.05) is 47.0 Å². The number of rotatable bonds is 3. The van der Waals surface area contributed by atoms with Gasteiger partial charge in [-0.15, -0.1) is 0 Å². The fourth-order valence-corrected chi connectivity index (χ4v) is 2.63. The minimum absolute atomic E-state index is 0.0848. The van der Waals surface area contributed by atoms with Crippen LogP contribution in [-0.2, 0) is 0 Å². The summed E-state index contributed by atoms with van der Waals surface area (Å²) in [6.07, 6.45) is 3.23. The lowest BCUT2D eigenvalue weighted by atomic mass is 9.89. The van der Waals surface area contributed by atoms with Crippen molar-refractivity contribution in [2.24, 2.45) is 5.41 Å². The Morgan fingerprint density at radius 1 is 1.08 bits per heavy atom. The number of pyridine rings is 1. The van der Waals surface area contributed by atoms with Crippen LogP contribution in [0.4, 0.5) is 11.4 Å². The number of non-ortho nitro benzene ring substituents is 1. The molecule has 8 heteroatoms. The molecule has 0 aliphatic carbocycles. The van der Waals surface area contributed by atoms with E-state index in [2.05, 4.69) is 4.98 Å². The van der Waals surface area contributed by atoms with Crippen LogP contribution in [0, 0.1) is 25.6 Å². The SMILES string of the molecule is CC1(C)C=C(c2cc([N+](=O)[O-])ccn2)c2cc([N+](=O)[O-])ccc2OC1. The minimum Gasteiger partial charge on any atom is -0.492 e. The molecule has 0 N–H and O–H groups in total. The van der Waals surface area contributed by atoms with Crippen molar-refractivity contribution < 1.29 is 14.6 Å². The first-order chi connectivity index (χ1) is 11.8. The van der Waals surface area contributed by atoms with Gasteiger partial charge in [0.15, 0.2) is 0 Å². The third kappa shape index (κ3) is 3.32. The molecule has 25 heavy (non-hydrogen) atoms. The van der Waals surface area contributed by atoms with E-state index < -0.39 is 9.85 Å². The summed E-state index contributed by atoms with van der Waals surface area (Å²) in [5.74, 6) is 0.482. The fraction of sp³-hybridized carbons (Fsp3) is 0.235. The van der Waals surface area contributed by atoms with Gasteiger partial charge in [-0.05, 0) is 6.07 Å². The summed E-state index contributed by atoms with van der Waals surface area (Å²) in [6.45, 7) is 4.27. The van der Waals surface area contributed by atoms with E-state index in [-0.39, 0.29) is 16.8 Å². The predicted molar refractivity (Wildman–Crippen MR) is 90.3 cm³/mol. The zero-order valence-electron chi connectivity index (χ0n) is 13.6. The molecule has 2 aromatic rings. The molecule has 2 heterocycles. The maximum atomic E-state index is 11.1. The molecule has 1 aromatic heterocycles. The van der Waals surface area contributed by atoms with Crippen molar-refractivity contribution in [1.82, 2.24) is 4.98 Å². The zero-order chi connectivity index (χ0) is 18.2. The molecule has 0 amide bonds. The standard InChI is InChI=1S/C17H15N3O5/c1-17(2)9-14(15-8-12(20(23)24)5-6-18-15)13-7-11(19(21)22)3-4-16(13)25-10-17/h3-9H,10H2,1-2H3. The predicted octanol–water partition coefficient (Wildman–Crippen LogP) is 3.75. The molecule has 1 aliphatic heterocycles. The topological polar surface area (TPSA) is 108 Å². The van der Waals surface area contributed by atoms with Gasteiger partial charge in [0.25, 0.3) is 11.4 Å². The quantitative estimate of drug-likeness (QED) is 0.621. The summed E-state index contributed by atoms with van der Waals surface area (Å²) < 4.78 is 5.79. The van der Waals surface area contributed by atoms with Crippen molar-refractivity contribution in [2.75, 3.05) is 6.61 Å². The van der Waals surface area contributed by atoms with Gasteiger partial charge in [0.2, 0.25) is 0 Å². The van der Waals surface area contributed by atoms with Crippen molar-refractivity contribution >= 4 is 16.9 Å². The van der Waals surface area contributed by atoms with E-state index in [9.17, 15) is 20.2 Å². The summed E-state index contributed by atoms with van der Waals surface area (Å²) in [4.78, 5) is 25.4. The Kier molecular flexibility index (Phi) is 3.96. The van der Waals surface area contributed by atoms with Crippen molar-refractivity contribution in [1.29, 1.82) is 0 Å². The van der Waals surface area contributed by atoms with Crippen molar-refractivity contribution in [3.63, 3.8) is 0 Å². The van der Waals surface area contributed by atoms with Crippen LogP contribution in [0.15, 0.2) is 42.6 Å². The van der Waals surface area contributed by atoms with E-state index in [1.54, 1.807) is 6.07 Å². The lowest BCUT2D eigenvalue weighted by molar-refractivity contribution is -0.385. The van der Waals surface area contributed by atoms with Crippen LogP contribution in [0.2, 0.25) is 0 Å². The van der Waals surface area contributed by atoms with Crippen molar-refractivity contribution in [2.45, 2.75) is 13.8 Å². The fourth-order valence-electron chi connectivity index (χ4n) is 2.63. The Labute approximate surface area is 143 Å². The molecule has 1 aromatic carbocycles. The van der Waals surface area contributed by atoms with Gasteiger partial charge in [0.05, 0.1) is 22.1 Å². The molecule has 8 nitrogen and oxygen atoms in total. The van der Waals surface area contributed by atoms with Crippen LogP contribution in [0.25, 0.3) is 5.57 Å². The van der Waals surface area contributed by atoms with Gasteiger partial charge < -0.3 is 4.74 Å². The molecular formula is C17H15N3O5. The Morgan fingerprint density at radius 3 is 2.44 bits per heavy atom. The minimum atomic E-state index is -0.502. The van der Waals surface area contributed by atoms with Crippen LogP contribution >= 0.6 is 0 Å². The smallest absolute Gasteiger partial charge is 0.273 e. The molecule has 0 saturated carbocycles. The summed E-state index contributed by atoms with van der Waals surface area (Å²) >= 11 is 0. The molecule has 0 radical (unpaired) electrons. The highest BCUT2D eigenvalue weighted by Gasteiger charge is 2.27. The molecule has 0 atom stereocenters. The second-order valence-corrected chi connectivity index (χ2v) is 6.43. The number of nitro groups is 2. The Bertz CT molecular complexity index is 905. The van der Waals surface area contributed by atoms with Gasteiger partial charge in [0.1, 0.15) is 5.75 Å². The Morgan fingerprint density at radius 2 is 1.76 bits per heavy atom. The number of aromatic nitrogens is 1. The van der Waals surface area contributed by atoms with Crippen LogP contribution in [0.1, 0.15) is 25.1 Å². The lowest BCUT2D eigenvalue weighted by Gasteiger charge is -2.18. The van der Waals surface area contributed by atoms with Gasteiger partial charge >= 0.3 is 0 Å². The van der Waals surface area contributed by atoms with E-state index in [0.717, 1.165) is 0 Å². The highest BCUT2D eigenvalue weighted by Crippen LogP contribution is 2.40. The zero-order valence-corrected chi connectivity index (χ0v) is 13.6. The average Bonchev–Trinajstić information content (AvgIpc) is 2.71. The van der Waals surface area contributed by atoms with E-state index in [1.165, 1.54) is 30.5 Å². The van der Waals surface area contributed by atoms with Gasteiger partial charge in [-0.2, -0.15) is 0 Å². The largest absolute Gasteiger partial charge is 0.492 e. The van der Waals surface area contributed by atoms with Gasteiger partial charge in [-0.25, -0.2) is 0 Å². The first-order valence-corrected chi connectivity index (χ1v) is 7.52. The van der Waals surface area contributed by atoms with Crippen LogP contribution in [0.5, 0.6) is 5.75 Å². The number of ether oxygens (including phenoxy) is 1. The maximum Gasteiger partial charge on any atom is 0.273 e. The van der Waals surface area contributed by atoms with E-state index in [1.807, 2.05) is 19.9 Å². The Balaban J connectivity index is 2.24. The first kappa shape index (κ1) is 16.6. The van der Waals surface area contributed by atoms with Crippen LogP contribution in [0.3, 0.4) is 0 Å². The summed E-state index contributed by atoms with van der Waals surface area (Å²) in [6, 6.07) is 6.98. The number of nitro benzene ring substituents is 1. The number of benzene rings is 1. The molecule has 0 bridgehead atoms. The molecular weight excluding hydrogens is 326 g/mol. The van der Waals surface area contributed by atoms with Crippen molar-refractivity contribution in [3.8, 4) is 5.75 Å². The highest BCUT2D eigenvalue weighted by atomic mass is 16.6. The molecule has 0 saturated heterocycles. The summed E-state index contributed by atoms with van der Waals surface area (Å²) in [7, 11) is 0. The maximum absolute atomic E-state index is 11.1. The average molecular weight is 341 g/mol. The second kappa shape index (κ2) is 5.97. The van der Waals surface area contributed by atoms with Gasteiger partial charge in [-0.3, -0.25) is 25.2 Å². The Hall–Kier alpha value is -3.29. The van der Waals surface area contributed by atoms with E-state index in [4.69, 9.17) is 4.74 Å².